The molecule has 0 fully saturated rings. The van der Waals surface area contributed by atoms with Gasteiger partial charge in [-0.05, 0) is 17.7 Å². The second-order valence-corrected chi connectivity index (χ2v) is 5.11. The molecule has 120 valence electrons. The zero-order valence-corrected chi connectivity index (χ0v) is 12.9. The Labute approximate surface area is 138 Å². The van der Waals surface area contributed by atoms with Gasteiger partial charge < -0.3 is 10.5 Å². The minimum absolute atomic E-state index is 0.00282. The molecule has 0 aliphatic carbocycles. The Morgan fingerprint density at radius 3 is 1.92 bits per heavy atom. The number of benzene rings is 2. The standard InChI is InChI=1S/C18H14N2O4/c1-24-18(23)15(14(19)11-7-3-2-4-8-11)20-16(21)12-9-5-6-10-13(12)17(20)22/h2-10H,19H2,1H3. The molecule has 2 amide bonds. The van der Waals surface area contributed by atoms with E-state index < -0.39 is 17.8 Å². The normalized spacial score (nSPS) is 14.3. The molecule has 0 unspecified atom stereocenters. The fourth-order valence-electron chi connectivity index (χ4n) is 2.57. The largest absolute Gasteiger partial charge is 0.464 e. The lowest BCUT2D eigenvalue weighted by molar-refractivity contribution is -0.137. The number of amides is 2. The van der Waals surface area contributed by atoms with Gasteiger partial charge >= 0.3 is 5.97 Å². The summed E-state index contributed by atoms with van der Waals surface area (Å²) in [4.78, 5) is 38.3. The van der Waals surface area contributed by atoms with Gasteiger partial charge in [-0.2, -0.15) is 0 Å². The monoisotopic (exact) mass is 322 g/mol. The fourth-order valence-corrected chi connectivity index (χ4v) is 2.57. The number of hydrogen-bond donors (Lipinski definition) is 1. The van der Waals surface area contributed by atoms with Gasteiger partial charge in [0.1, 0.15) is 0 Å². The number of esters is 1. The third kappa shape index (κ3) is 2.34. The molecule has 6 heteroatoms. The number of hydrogen-bond acceptors (Lipinski definition) is 5. The van der Waals surface area contributed by atoms with E-state index in [4.69, 9.17) is 10.5 Å². The Morgan fingerprint density at radius 2 is 1.42 bits per heavy atom. The average Bonchev–Trinajstić information content (AvgIpc) is 2.88. The predicted molar refractivity (Wildman–Crippen MR) is 86.5 cm³/mol. The van der Waals surface area contributed by atoms with Crippen LogP contribution in [0.25, 0.3) is 5.70 Å². The van der Waals surface area contributed by atoms with Gasteiger partial charge in [0.05, 0.1) is 23.9 Å². The number of carbonyl (C=O) groups is 3. The molecule has 6 nitrogen and oxygen atoms in total. The van der Waals surface area contributed by atoms with Crippen molar-refractivity contribution in [3.05, 3.63) is 77.0 Å². The van der Waals surface area contributed by atoms with Crippen LogP contribution in [0.3, 0.4) is 0 Å². The summed E-state index contributed by atoms with van der Waals surface area (Å²) < 4.78 is 4.74. The number of rotatable bonds is 3. The molecule has 1 aliphatic rings. The lowest BCUT2D eigenvalue weighted by atomic mass is 10.1. The lowest BCUT2D eigenvalue weighted by Crippen LogP contribution is -2.35. The van der Waals surface area contributed by atoms with Crippen LogP contribution in [-0.2, 0) is 9.53 Å². The van der Waals surface area contributed by atoms with Crippen LogP contribution in [0, 0.1) is 0 Å². The van der Waals surface area contributed by atoms with Crippen LogP contribution in [0.5, 0.6) is 0 Å². The molecule has 3 rings (SSSR count). The molecule has 0 saturated carbocycles. The maximum absolute atomic E-state index is 12.6. The smallest absolute Gasteiger partial charge is 0.357 e. The fraction of sp³-hybridized carbons (Fsp3) is 0.0556. The molecule has 0 spiro atoms. The van der Waals surface area contributed by atoms with E-state index in [9.17, 15) is 14.4 Å². The second-order valence-electron chi connectivity index (χ2n) is 5.11. The summed E-state index contributed by atoms with van der Waals surface area (Å²) in [6.07, 6.45) is 0. The van der Waals surface area contributed by atoms with Crippen LogP contribution in [0.2, 0.25) is 0 Å². The number of imide groups is 1. The van der Waals surface area contributed by atoms with Crippen LogP contribution in [-0.4, -0.2) is 29.8 Å². The number of nitrogens with zero attached hydrogens (tertiary/aromatic N) is 1. The molecule has 0 atom stereocenters. The number of carbonyl (C=O) groups excluding carboxylic acids is 3. The summed E-state index contributed by atoms with van der Waals surface area (Å²) >= 11 is 0. The highest BCUT2D eigenvalue weighted by molar-refractivity contribution is 6.25. The Morgan fingerprint density at radius 1 is 0.917 bits per heavy atom. The van der Waals surface area contributed by atoms with Crippen LogP contribution in [0.4, 0.5) is 0 Å². The first-order valence-electron chi connectivity index (χ1n) is 7.17. The number of ether oxygens (including phenoxy) is 1. The van der Waals surface area contributed by atoms with Gasteiger partial charge in [0.25, 0.3) is 11.8 Å². The van der Waals surface area contributed by atoms with E-state index in [0.29, 0.717) is 5.56 Å². The molecule has 0 aromatic heterocycles. The quantitative estimate of drug-likeness (QED) is 0.528. The summed E-state index contributed by atoms with van der Waals surface area (Å²) in [7, 11) is 1.17. The van der Waals surface area contributed by atoms with Gasteiger partial charge in [0, 0.05) is 0 Å². The highest BCUT2D eigenvalue weighted by Crippen LogP contribution is 2.29. The summed E-state index contributed by atoms with van der Waals surface area (Å²) in [6, 6.07) is 15.0. The molecule has 2 aromatic carbocycles. The van der Waals surface area contributed by atoms with E-state index in [1.165, 1.54) is 19.2 Å². The molecule has 0 radical (unpaired) electrons. The SMILES string of the molecule is COC(=O)C(=C(N)c1ccccc1)N1C(=O)c2ccccc2C1=O. The molecular formula is C18H14N2O4. The summed E-state index contributed by atoms with van der Waals surface area (Å²) in [5, 5.41) is 0. The predicted octanol–water partition coefficient (Wildman–Crippen LogP) is 1.78. The first-order chi connectivity index (χ1) is 11.6. The van der Waals surface area contributed by atoms with Crippen molar-refractivity contribution in [2.75, 3.05) is 7.11 Å². The van der Waals surface area contributed by atoms with Crippen molar-refractivity contribution >= 4 is 23.5 Å². The minimum atomic E-state index is -0.856. The van der Waals surface area contributed by atoms with Crippen LogP contribution < -0.4 is 5.73 Å². The number of methoxy groups -OCH3 is 1. The Hall–Kier alpha value is -3.41. The maximum Gasteiger partial charge on any atom is 0.357 e. The van der Waals surface area contributed by atoms with E-state index >= 15 is 0 Å². The second kappa shape index (κ2) is 6.00. The average molecular weight is 322 g/mol. The van der Waals surface area contributed by atoms with Gasteiger partial charge in [0.15, 0.2) is 5.70 Å². The maximum atomic E-state index is 12.6. The van der Waals surface area contributed by atoms with Crippen LogP contribution in [0.1, 0.15) is 26.3 Å². The van der Waals surface area contributed by atoms with E-state index in [-0.39, 0.29) is 22.5 Å². The topological polar surface area (TPSA) is 89.7 Å². The van der Waals surface area contributed by atoms with E-state index in [1.54, 1.807) is 42.5 Å². The number of nitrogens with two attached hydrogens (primary N) is 1. The first kappa shape index (κ1) is 15.5. The zero-order valence-electron chi connectivity index (χ0n) is 12.9. The van der Waals surface area contributed by atoms with Crippen LogP contribution in [0.15, 0.2) is 60.3 Å². The van der Waals surface area contributed by atoms with Crippen LogP contribution >= 0.6 is 0 Å². The molecule has 2 N–H and O–H groups in total. The lowest BCUT2D eigenvalue weighted by Gasteiger charge is -2.18. The van der Waals surface area contributed by atoms with Crippen molar-refractivity contribution in [2.24, 2.45) is 5.73 Å². The van der Waals surface area contributed by atoms with Gasteiger partial charge in [-0.3, -0.25) is 9.59 Å². The van der Waals surface area contributed by atoms with E-state index in [0.717, 1.165) is 4.90 Å². The molecule has 1 aliphatic heterocycles. The number of fused-ring (bicyclic) bond motifs is 1. The van der Waals surface area contributed by atoms with Gasteiger partial charge in [0.2, 0.25) is 0 Å². The van der Waals surface area contributed by atoms with Gasteiger partial charge in [-0.15, -0.1) is 0 Å². The highest BCUT2D eigenvalue weighted by Gasteiger charge is 2.41. The highest BCUT2D eigenvalue weighted by atomic mass is 16.5. The third-order valence-corrected chi connectivity index (χ3v) is 3.74. The summed E-state index contributed by atoms with van der Waals surface area (Å²) in [5.74, 6) is -2.06. The van der Waals surface area contributed by atoms with E-state index in [1.807, 2.05) is 0 Å². The van der Waals surface area contributed by atoms with Crippen molar-refractivity contribution in [1.29, 1.82) is 0 Å². The van der Waals surface area contributed by atoms with Gasteiger partial charge in [-0.25, -0.2) is 9.69 Å². The molecular weight excluding hydrogens is 308 g/mol. The van der Waals surface area contributed by atoms with Crippen molar-refractivity contribution in [2.45, 2.75) is 0 Å². The Balaban J connectivity index is 2.18. The first-order valence-corrected chi connectivity index (χ1v) is 7.17. The van der Waals surface area contributed by atoms with Gasteiger partial charge in [-0.1, -0.05) is 42.5 Å². The van der Waals surface area contributed by atoms with Crippen molar-refractivity contribution in [3.8, 4) is 0 Å². The molecule has 24 heavy (non-hydrogen) atoms. The minimum Gasteiger partial charge on any atom is -0.464 e. The van der Waals surface area contributed by atoms with Crippen molar-refractivity contribution in [1.82, 2.24) is 4.90 Å². The summed E-state index contributed by atoms with van der Waals surface area (Å²) in [6.45, 7) is 0. The van der Waals surface area contributed by atoms with Crippen molar-refractivity contribution < 1.29 is 19.1 Å². The molecule has 1 heterocycles. The van der Waals surface area contributed by atoms with E-state index in [2.05, 4.69) is 0 Å². The Bertz CT molecular complexity index is 837. The molecule has 0 bridgehead atoms. The van der Waals surface area contributed by atoms with Crippen molar-refractivity contribution in [3.63, 3.8) is 0 Å². The Kier molecular flexibility index (Phi) is 3.87. The molecule has 0 saturated heterocycles. The summed E-state index contributed by atoms with van der Waals surface area (Å²) in [5.41, 5.74) is 6.76. The zero-order chi connectivity index (χ0) is 17.3. The molecule has 2 aromatic rings. The third-order valence-electron chi connectivity index (χ3n) is 3.74.